The van der Waals surface area contributed by atoms with Crippen molar-refractivity contribution in [2.75, 3.05) is 6.61 Å². The first-order valence-electron chi connectivity index (χ1n) is 5.78. The number of hydrogen-bond acceptors (Lipinski definition) is 3. The van der Waals surface area contributed by atoms with E-state index in [1.165, 1.54) is 0 Å². The molecule has 0 saturated carbocycles. The molecule has 19 heavy (non-hydrogen) atoms. The number of hydrogen-bond donors (Lipinski definition) is 0. The van der Waals surface area contributed by atoms with E-state index in [2.05, 4.69) is 4.74 Å². The number of aryl methyl sites for hydroxylation is 1. The molecule has 0 fully saturated rings. The predicted octanol–water partition coefficient (Wildman–Crippen LogP) is 2.21. The Bertz CT molecular complexity index is 494. The van der Waals surface area contributed by atoms with Gasteiger partial charge < -0.3 is 9.30 Å². The number of carbonyl (C=O) groups excluding carboxylic acids is 1. The lowest BCUT2D eigenvalue weighted by Gasteiger charge is -2.10. The quantitative estimate of drug-likeness (QED) is 0.775. The van der Waals surface area contributed by atoms with Gasteiger partial charge in [0.05, 0.1) is 12.2 Å². The standard InChI is InChI=1S/C12H14F3NO3/c1-2-19-11(18)4-3-7-16-8-9(12(13,14)15)5-6-10(16)17/h5-6,8H,2-4,7H2,1H3. The first kappa shape index (κ1) is 15.3. The third-order valence-electron chi connectivity index (χ3n) is 2.40. The molecule has 1 rings (SSSR count). The molecule has 7 heteroatoms. The zero-order valence-corrected chi connectivity index (χ0v) is 10.4. The summed E-state index contributed by atoms with van der Waals surface area (Å²) in [5.41, 5.74) is -1.42. The third kappa shape index (κ3) is 4.76. The number of aromatic nitrogens is 1. The van der Waals surface area contributed by atoms with Crippen molar-refractivity contribution >= 4 is 5.97 Å². The normalized spacial score (nSPS) is 11.4. The van der Waals surface area contributed by atoms with Gasteiger partial charge in [-0.25, -0.2) is 0 Å². The number of nitrogens with zero attached hydrogens (tertiary/aromatic N) is 1. The van der Waals surface area contributed by atoms with Crippen LogP contribution in [0.3, 0.4) is 0 Å². The minimum absolute atomic E-state index is 0.0432. The average molecular weight is 277 g/mol. The molecule has 106 valence electrons. The number of rotatable bonds is 5. The summed E-state index contributed by atoms with van der Waals surface area (Å²) in [4.78, 5) is 22.4. The first-order chi connectivity index (χ1) is 8.84. The van der Waals surface area contributed by atoms with E-state index >= 15 is 0 Å². The second kappa shape index (κ2) is 6.40. The van der Waals surface area contributed by atoms with E-state index in [-0.39, 0.29) is 26.0 Å². The van der Waals surface area contributed by atoms with E-state index in [1.807, 2.05) is 0 Å². The Morgan fingerprint density at radius 1 is 1.37 bits per heavy atom. The second-order valence-corrected chi connectivity index (χ2v) is 3.86. The van der Waals surface area contributed by atoms with Gasteiger partial charge in [-0.3, -0.25) is 9.59 Å². The maximum absolute atomic E-state index is 12.5. The van der Waals surface area contributed by atoms with E-state index in [0.29, 0.717) is 0 Å². The molecule has 1 aromatic rings. The van der Waals surface area contributed by atoms with E-state index in [1.54, 1.807) is 6.92 Å². The summed E-state index contributed by atoms with van der Waals surface area (Å²) in [6, 6.07) is 1.61. The number of pyridine rings is 1. The predicted molar refractivity (Wildman–Crippen MR) is 61.6 cm³/mol. The molecule has 0 unspecified atom stereocenters. The Kier molecular flexibility index (Phi) is 5.14. The lowest BCUT2D eigenvalue weighted by molar-refractivity contribution is -0.143. The number of ether oxygens (including phenoxy) is 1. The molecule has 0 aliphatic rings. The van der Waals surface area contributed by atoms with Crippen LogP contribution in [0.2, 0.25) is 0 Å². The fourth-order valence-corrected chi connectivity index (χ4v) is 1.50. The van der Waals surface area contributed by atoms with Crippen LogP contribution in [0.1, 0.15) is 25.3 Å². The molecule has 0 atom stereocenters. The Labute approximate surface area is 107 Å². The Balaban J connectivity index is 2.68. The largest absolute Gasteiger partial charge is 0.466 e. The lowest BCUT2D eigenvalue weighted by Crippen LogP contribution is -2.22. The summed E-state index contributed by atoms with van der Waals surface area (Å²) >= 11 is 0. The Morgan fingerprint density at radius 3 is 2.63 bits per heavy atom. The van der Waals surface area contributed by atoms with Gasteiger partial charge in [0.25, 0.3) is 5.56 Å². The highest BCUT2D eigenvalue weighted by Crippen LogP contribution is 2.28. The van der Waals surface area contributed by atoms with Crippen molar-refractivity contribution in [3.05, 3.63) is 34.2 Å². The van der Waals surface area contributed by atoms with Crippen molar-refractivity contribution in [1.29, 1.82) is 0 Å². The molecule has 0 amide bonds. The summed E-state index contributed by atoms with van der Waals surface area (Å²) in [6.45, 7) is 1.96. The van der Waals surface area contributed by atoms with Crippen molar-refractivity contribution in [2.45, 2.75) is 32.5 Å². The zero-order valence-electron chi connectivity index (χ0n) is 10.4. The van der Waals surface area contributed by atoms with Crippen molar-refractivity contribution in [1.82, 2.24) is 4.57 Å². The van der Waals surface area contributed by atoms with Crippen LogP contribution in [0.5, 0.6) is 0 Å². The maximum atomic E-state index is 12.5. The van der Waals surface area contributed by atoms with Crippen LogP contribution in [0, 0.1) is 0 Å². The number of esters is 1. The SMILES string of the molecule is CCOC(=O)CCCn1cc(C(F)(F)F)ccc1=O. The smallest absolute Gasteiger partial charge is 0.417 e. The van der Waals surface area contributed by atoms with Crippen molar-refractivity contribution in [3.63, 3.8) is 0 Å². The fraction of sp³-hybridized carbons (Fsp3) is 0.500. The molecule has 0 spiro atoms. The third-order valence-corrected chi connectivity index (χ3v) is 2.40. The molecular formula is C12H14F3NO3. The highest BCUT2D eigenvalue weighted by atomic mass is 19.4. The van der Waals surface area contributed by atoms with Crippen LogP contribution in [0.4, 0.5) is 13.2 Å². The summed E-state index contributed by atoms with van der Waals surface area (Å²) in [6.07, 6.45) is -3.42. The molecule has 1 heterocycles. The van der Waals surface area contributed by atoms with E-state index in [9.17, 15) is 22.8 Å². The van der Waals surface area contributed by atoms with Gasteiger partial charge >= 0.3 is 12.1 Å². The number of alkyl halides is 3. The lowest BCUT2D eigenvalue weighted by atomic mass is 10.2. The van der Waals surface area contributed by atoms with Gasteiger partial charge in [0.15, 0.2) is 0 Å². The van der Waals surface area contributed by atoms with Crippen molar-refractivity contribution in [3.8, 4) is 0 Å². The number of halogens is 3. The highest BCUT2D eigenvalue weighted by molar-refractivity contribution is 5.69. The van der Waals surface area contributed by atoms with Crippen LogP contribution < -0.4 is 5.56 Å². The molecule has 0 aliphatic carbocycles. The van der Waals surface area contributed by atoms with Gasteiger partial charge in [-0.15, -0.1) is 0 Å². The van der Waals surface area contributed by atoms with Gasteiger partial charge in [0.2, 0.25) is 0 Å². The zero-order chi connectivity index (χ0) is 14.5. The maximum Gasteiger partial charge on any atom is 0.417 e. The second-order valence-electron chi connectivity index (χ2n) is 3.86. The number of carbonyl (C=O) groups is 1. The molecule has 0 saturated heterocycles. The van der Waals surface area contributed by atoms with Crippen LogP contribution >= 0.6 is 0 Å². The monoisotopic (exact) mass is 277 g/mol. The highest BCUT2D eigenvalue weighted by Gasteiger charge is 2.30. The minimum Gasteiger partial charge on any atom is -0.466 e. The molecular weight excluding hydrogens is 263 g/mol. The van der Waals surface area contributed by atoms with Crippen molar-refractivity contribution < 1.29 is 22.7 Å². The molecule has 1 aromatic heterocycles. The molecule has 0 bridgehead atoms. The Hall–Kier alpha value is -1.79. The average Bonchev–Trinajstić information content (AvgIpc) is 2.30. The van der Waals surface area contributed by atoms with Crippen LogP contribution in [0.25, 0.3) is 0 Å². The van der Waals surface area contributed by atoms with Crippen LogP contribution in [0.15, 0.2) is 23.1 Å². The molecule has 4 nitrogen and oxygen atoms in total. The van der Waals surface area contributed by atoms with Gasteiger partial charge in [0.1, 0.15) is 0 Å². The van der Waals surface area contributed by atoms with Crippen LogP contribution in [-0.4, -0.2) is 17.1 Å². The fourth-order valence-electron chi connectivity index (χ4n) is 1.50. The minimum atomic E-state index is -4.49. The Morgan fingerprint density at radius 2 is 2.05 bits per heavy atom. The van der Waals surface area contributed by atoms with Gasteiger partial charge in [0, 0.05) is 25.2 Å². The molecule has 0 radical (unpaired) electrons. The van der Waals surface area contributed by atoms with Gasteiger partial charge in [-0.05, 0) is 19.4 Å². The van der Waals surface area contributed by atoms with Crippen molar-refractivity contribution in [2.24, 2.45) is 0 Å². The van der Waals surface area contributed by atoms with E-state index in [4.69, 9.17) is 0 Å². The molecule has 0 N–H and O–H groups in total. The summed E-state index contributed by atoms with van der Waals surface area (Å²) < 4.78 is 43.0. The topological polar surface area (TPSA) is 48.3 Å². The van der Waals surface area contributed by atoms with E-state index in [0.717, 1.165) is 22.9 Å². The first-order valence-corrected chi connectivity index (χ1v) is 5.78. The summed E-state index contributed by atoms with van der Waals surface area (Å²) in [5.74, 6) is -0.428. The van der Waals surface area contributed by atoms with E-state index < -0.39 is 23.3 Å². The molecule has 0 aromatic carbocycles. The summed E-state index contributed by atoms with van der Waals surface area (Å²) in [7, 11) is 0. The van der Waals surface area contributed by atoms with Gasteiger partial charge in [-0.1, -0.05) is 0 Å². The van der Waals surface area contributed by atoms with Crippen LogP contribution in [-0.2, 0) is 22.3 Å². The van der Waals surface area contributed by atoms with Gasteiger partial charge in [-0.2, -0.15) is 13.2 Å². The molecule has 0 aliphatic heterocycles. The summed E-state index contributed by atoms with van der Waals surface area (Å²) in [5, 5.41) is 0.